The summed E-state index contributed by atoms with van der Waals surface area (Å²) >= 11 is 0. The molecule has 0 bridgehead atoms. The van der Waals surface area contributed by atoms with E-state index in [9.17, 15) is 0 Å². The molecular weight excluding hydrogens is 260 g/mol. The van der Waals surface area contributed by atoms with Gasteiger partial charge in [0.2, 0.25) is 0 Å². The maximum atomic E-state index is 4.28. The van der Waals surface area contributed by atoms with Gasteiger partial charge in [-0.25, -0.2) is 0 Å². The number of guanidine groups is 1. The van der Waals surface area contributed by atoms with Crippen LogP contribution in [0.2, 0.25) is 0 Å². The number of fused-ring (bicyclic) bond motifs is 1. The van der Waals surface area contributed by atoms with Crippen molar-refractivity contribution in [3.8, 4) is 0 Å². The van der Waals surface area contributed by atoms with Crippen LogP contribution < -0.4 is 10.6 Å². The molecule has 1 aliphatic rings. The van der Waals surface area contributed by atoms with E-state index < -0.39 is 0 Å². The molecule has 1 aliphatic carbocycles. The molecule has 0 aliphatic heterocycles. The Kier molecular flexibility index (Phi) is 4.24. The minimum absolute atomic E-state index is 0.615. The van der Waals surface area contributed by atoms with E-state index in [1.54, 1.807) is 0 Å². The van der Waals surface area contributed by atoms with Crippen LogP contribution >= 0.6 is 0 Å². The Labute approximate surface area is 125 Å². The summed E-state index contributed by atoms with van der Waals surface area (Å²) in [5.41, 5.74) is 2.97. The van der Waals surface area contributed by atoms with Crippen molar-refractivity contribution in [1.29, 1.82) is 0 Å². The third kappa shape index (κ3) is 3.27. The van der Waals surface area contributed by atoms with Gasteiger partial charge in [0.15, 0.2) is 5.96 Å². The van der Waals surface area contributed by atoms with Gasteiger partial charge in [0.05, 0.1) is 0 Å². The SMILES string of the molecule is CN=C(NCCn1cccc1)NCC1Cc2ccccc21. The average molecular weight is 282 g/mol. The fourth-order valence-corrected chi connectivity index (χ4v) is 2.81. The van der Waals surface area contributed by atoms with Crippen molar-refractivity contribution in [3.63, 3.8) is 0 Å². The van der Waals surface area contributed by atoms with Crippen molar-refractivity contribution in [2.45, 2.75) is 18.9 Å². The van der Waals surface area contributed by atoms with Gasteiger partial charge in [0.1, 0.15) is 0 Å². The number of aromatic nitrogens is 1. The Morgan fingerprint density at radius 2 is 2.00 bits per heavy atom. The first-order valence-electron chi connectivity index (χ1n) is 7.50. The van der Waals surface area contributed by atoms with Gasteiger partial charge >= 0.3 is 0 Å². The second-order valence-corrected chi connectivity index (χ2v) is 5.40. The summed E-state index contributed by atoms with van der Waals surface area (Å²) in [6, 6.07) is 12.8. The molecule has 1 aromatic carbocycles. The van der Waals surface area contributed by atoms with Crippen LogP contribution in [0, 0.1) is 0 Å². The molecule has 0 spiro atoms. The molecule has 0 amide bonds. The lowest BCUT2D eigenvalue weighted by molar-refractivity contribution is 0.580. The van der Waals surface area contributed by atoms with E-state index >= 15 is 0 Å². The first kappa shape index (κ1) is 13.7. The normalized spacial score (nSPS) is 17.0. The zero-order chi connectivity index (χ0) is 14.5. The average Bonchev–Trinajstić information content (AvgIpc) is 2.99. The van der Waals surface area contributed by atoms with E-state index in [0.717, 1.165) is 25.6 Å². The third-order valence-corrected chi connectivity index (χ3v) is 4.03. The van der Waals surface area contributed by atoms with E-state index in [2.05, 4.69) is 56.9 Å². The van der Waals surface area contributed by atoms with Crippen molar-refractivity contribution in [2.75, 3.05) is 20.1 Å². The summed E-state index contributed by atoms with van der Waals surface area (Å²) in [4.78, 5) is 4.28. The van der Waals surface area contributed by atoms with Gasteiger partial charge in [0, 0.05) is 45.0 Å². The third-order valence-electron chi connectivity index (χ3n) is 4.03. The second-order valence-electron chi connectivity index (χ2n) is 5.40. The molecule has 110 valence electrons. The van der Waals surface area contributed by atoms with E-state index in [4.69, 9.17) is 0 Å². The fourth-order valence-electron chi connectivity index (χ4n) is 2.81. The molecule has 1 atom stereocenters. The van der Waals surface area contributed by atoms with Crippen LogP contribution in [-0.2, 0) is 13.0 Å². The van der Waals surface area contributed by atoms with E-state index in [1.807, 2.05) is 19.2 Å². The number of rotatable bonds is 5. The molecule has 0 saturated carbocycles. The van der Waals surface area contributed by atoms with E-state index in [-0.39, 0.29) is 0 Å². The summed E-state index contributed by atoms with van der Waals surface area (Å²) in [5.74, 6) is 1.50. The predicted octanol–water partition coefficient (Wildman–Crippen LogP) is 1.99. The number of nitrogens with zero attached hydrogens (tertiary/aromatic N) is 2. The van der Waals surface area contributed by atoms with Crippen LogP contribution in [0.3, 0.4) is 0 Å². The van der Waals surface area contributed by atoms with Crippen LogP contribution in [-0.4, -0.2) is 30.7 Å². The smallest absolute Gasteiger partial charge is 0.191 e. The van der Waals surface area contributed by atoms with Gasteiger partial charge in [-0.1, -0.05) is 24.3 Å². The molecular formula is C17H22N4. The highest BCUT2D eigenvalue weighted by molar-refractivity contribution is 5.79. The summed E-state index contributed by atoms with van der Waals surface area (Å²) in [5, 5.41) is 6.78. The minimum Gasteiger partial charge on any atom is -0.356 e. The van der Waals surface area contributed by atoms with Gasteiger partial charge < -0.3 is 15.2 Å². The number of aliphatic imine (C=N–C) groups is 1. The highest BCUT2D eigenvalue weighted by Gasteiger charge is 2.25. The van der Waals surface area contributed by atoms with Crippen molar-refractivity contribution < 1.29 is 0 Å². The second kappa shape index (κ2) is 6.48. The molecule has 3 rings (SSSR count). The van der Waals surface area contributed by atoms with Crippen molar-refractivity contribution >= 4 is 5.96 Å². The standard InChI is InChI=1S/C17H22N4/c1-18-17(19-8-11-21-9-4-5-10-21)20-13-15-12-14-6-2-3-7-16(14)15/h2-7,9-10,15H,8,11-13H2,1H3,(H2,18,19,20). The first-order valence-corrected chi connectivity index (χ1v) is 7.50. The highest BCUT2D eigenvalue weighted by Crippen LogP contribution is 2.33. The van der Waals surface area contributed by atoms with Crippen LogP contribution in [0.15, 0.2) is 53.8 Å². The topological polar surface area (TPSA) is 41.4 Å². The summed E-state index contributed by atoms with van der Waals surface area (Å²) in [7, 11) is 1.82. The molecule has 1 heterocycles. The Morgan fingerprint density at radius 3 is 2.76 bits per heavy atom. The zero-order valence-corrected chi connectivity index (χ0v) is 12.4. The quantitative estimate of drug-likeness (QED) is 0.650. The Hall–Kier alpha value is -2.23. The molecule has 0 saturated heterocycles. The van der Waals surface area contributed by atoms with Crippen molar-refractivity contribution in [3.05, 3.63) is 59.9 Å². The van der Waals surface area contributed by atoms with Crippen LogP contribution in [0.4, 0.5) is 0 Å². The number of hydrogen-bond acceptors (Lipinski definition) is 1. The largest absolute Gasteiger partial charge is 0.356 e. The molecule has 0 fully saturated rings. The van der Waals surface area contributed by atoms with Gasteiger partial charge in [-0.2, -0.15) is 0 Å². The van der Waals surface area contributed by atoms with Gasteiger partial charge in [-0.05, 0) is 29.7 Å². The van der Waals surface area contributed by atoms with Gasteiger partial charge in [0.25, 0.3) is 0 Å². The highest BCUT2D eigenvalue weighted by atomic mass is 15.2. The molecule has 4 nitrogen and oxygen atoms in total. The van der Waals surface area contributed by atoms with Crippen molar-refractivity contribution in [1.82, 2.24) is 15.2 Å². The van der Waals surface area contributed by atoms with Crippen molar-refractivity contribution in [2.24, 2.45) is 4.99 Å². The monoisotopic (exact) mass is 282 g/mol. The first-order chi connectivity index (χ1) is 10.4. The Bertz CT molecular complexity index is 601. The van der Waals surface area contributed by atoms with Crippen LogP contribution in [0.5, 0.6) is 0 Å². The molecule has 2 N–H and O–H groups in total. The lowest BCUT2D eigenvalue weighted by Gasteiger charge is -2.30. The molecule has 21 heavy (non-hydrogen) atoms. The maximum absolute atomic E-state index is 4.28. The molecule has 2 aromatic rings. The molecule has 4 heteroatoms. The number of nitrogens with one attached hydrogen (secondary N) is 2. The van der Waals surface area contributed by atoms with Crippen LogP contribution in [0.1, 0.15) is 17.0 Å². The summed E-state index contributed by atoms with van der Waals surface area (Å²) in [6.07, 6.45) is 5.32. The zero-order valence-electron chi connectivity index (χ0n) is 12.4. The molecule has 1 unspecified atom stereocenters. The Morgan fingerprint density at radius 1 is 1.19 bits per heavy atom. The minimum atomic E-state index is 0.615. The predicted molar refractivity (Wildman–Crippen MR) is 86.7 cm³/mol. The lowest BCUT2D eigenvalue weighted by Crippen LogP contribution is -2.42. The fraction of sp³-hybridized carbons (Fsp3) is 0.353. The summed E-state index contributed by atoms with van der Waals surface area (Å²) < 4.78 is 2.16. The van der Waals surface area contributed by atoms with Crippen LogP contribution in [0.25, 0.3) is 0 Å². The lowest BCUT2D eigenvalue weighted by atomic mass is 9.78. The Balaban J connectivity index is 1.42. The summed E-state index contributed by atoms with van der Waals surface area (Å²) in [6.45, 7) is 2.76. The molecule has 1 aromatic heterocycles. The molecule has 0 radical (unpaired) electrons. The number of hydrogen-bond donors (Lipinski definition) is 2. The van der Waals surface area contributed by atoms with E-state index in [1.165, 1.54) is 17.5 Å². The van der Waals surface area contributed by atoms with Gasteiger partial charge in [-0.15, -0.1) is 0 Å². The van der Waals surface area contributed by atoms with E-state index in [0.29, 0.717) is 5.92 Å². The maximum Gasteiger partial charge on any atom is 0.191 e. The van der Waals surface area contributed by atoms with Gasteiger partial charge in [-0.3, -0.25) is 4.99 Å². The number of benzene rings is 1.